The van der Waals surface area contributed by atoms with Gasteiger partial charge in [0, 0.05) is 44.4 Å². The molecule has 1 aliphatic rings. The summed E-state index contributed by atoms with van der Waals surface area (Å²) in [6.45, 7) is 6.61. The first-order valence-electron chi connectivity index (χ1n) is 7.05. The zero-order chi connectivity index (χ0) is 14.2. The van der Waals surface area contributed by atoms with Crippen molar-refractivity contribution in [3.05, 3.63) is 23.8 Å². The van der Waals surface area contributed by atoms with E-state index in [4.69, 9.17) is 14.2 Å². The fourth-order valence-electron chi connectivity index (χ4n) is 2.28. The highest BCUT2D eigenvalue weighted by Crippen LogP contribution is 2.24. The van der Waals surface area contributed by atoms with Crippen molar-refractivity contribution in [2.75, 3.05) is 53.6 Å². The van der Waals surface area contributed by atoms with Gasteiger partial charge < -0.3 is 19.5 Å². The van der Waals surface area contributed by atoms with Crippen LogP contribution >= 0.6 is 0 Å². The number of ether oxygens (including phenoxy) is 3. The van der Waals surface area contributed by atoms with Gasteiger partial charge >= 0.3 is 0 Å². The average Bonchev–Trinajstić information content (AvgIpc) is 2.52. The van der Waals surface area contributed by atoms with Crippen molar-refractivity contribution < 1.29 is 14.2 Å². The van der Waals surface area contributed by atoms with Crippen LogP contribution in [0, 0.1) is 0 Å². The number of benzene rings is 1. The van der Waals surface area contributed by atoms with Crippen LogP contribution in [0.3, 0.4) is 0 Å². The molecule has 0 bridgehead atoms. The summed E-state index contributed by atoms with van der Waals surface area (Å²) in [5, 5.41) is 3.46. The lowest BCUT2D eigenvalue weighted by molar-refractivity contribution is 0.0384. The Morgan fingerprint density at radius 3 is 2.70 bits per heavy atom. The molecule has 0 unspecified atom stereocenters. The second-order valence-corrected chi connectivity index (χ2v) is 4.81. The minimum atomic E-state index is 0.803. The largest absolute Gasteiger partial charge is 0.497 e. The van der Waals surface area contributed by atoms with Gasteiger partial charge in [-0.05, 0) is 6.07 Å². The van der Waals surface area contributed by atoms with Crippen LogP contribution in [0.4, 0.5) is 0 Å². The fraction of sp³-hybridized carbons (Fsp3) is 0.600. The third-order valence-corrected chi connectivity index (χ3v) is 3.52. The second kappa shape index (κ2) is 8.09. The Bertz CT molecular complexity index is 406. The van der Waals surface area contributed by atoms with Crippen LogP contribution in [0.5, 0.6) is 11.5 Å². The maximum Gasteiger partial charge on any atom is 0.127 e. The molecule has 0 aliphatic carbocycles. The van der Waals surface area contributed by atoms with E-state index in [2.05, 4.69) is 10.2 Å². The molecule has 5 heteroatoms. The Labute approximate surface area is 120 Å². The van der Waals surface area contributed by atoms with Gasteiger partial charge in [-0.3, -0.25) is 4.90 Å². The smallest absolute Gasteiger partial charge is 0.127 e. The topological polar surface area (TPSA) is 43.0 Å². The van der Waals surface area contributed by atoms with Crippen molar-refractivity contribution in [2.24, 2.45) is 0 Å². The number of morpholine rings is 1. The van der Waals surface area contributed by atoms with E-state index >= 15 is 0 Å². The highest BCUT2D eigenvalue weighted by atomic mass is 16.5. The molecular formula is C15H24N2O3. The number of nitrogens with zero attached hydrogens (tertiary/aromatic N) is 1. The highest BCUT2D eigenvalue weighted by molar-refractivity contribution is 5.40. The van der Waals surface area contributed by atoms with Crippen LogP contribution in [-0.2, 0) is 11.3 Å². The summed E-state index contributed by atoms with van der Waals surface area (Å²) in [6.07, 6.45) is 0. The minimum absolute atomic E-state index is 0.803. The van der Waals surface area contributed by atoms with E-state index in [-0.39, 0.29) is 0 Å². The molecule has 0 amide bonds. The van der Waals surface area contributed by atoms with E-state index in [0.717, 1.165) is 63.0 Å². The molecular weight excluding hydrogens is 256 g/mol. The number of rotatable bonds is 7. The number of hydrogen-bond acceptors (Lipinski definition) is 5. The van der Waals surface area contributed by atoms with Crippen molar-refractivity contribution in [1.29, 1.82) is 0 Å². The molecule has 0 saturated carbocycles. The number of hydrogen-bond donors (Lipinski definition) is 1. The third kappa shape index (κ3) is 4.37. The van der Waals surface area contributed by atoms with Crippen molar-refractivity contribution in [3.8, 4) is 11.5 Å². The molecule has 1 fully saturated rings. The molecule has 0 atom stereocenters. The van der Waals surface area contributed by atoms with E-state index in [0.29, 0.717) is 0 Å². The van der Waals surface area contributed by atoms with Crippen molar-refractivity contribution >= 4 is 0 Å². The molecule has 2 rings (SSSR count). The lowest BCUT2D eigenvalue weighted by Gasteiger charge is -2.26. The standard InChI is InChI=1S/C15H24N2O3/c1-18-14-4-3-13(15(11-14)19-2)12-16-5-6-17-7-9-20-10-8-17/h3-4,11,16H,5-10,12H2,1-2H3. The molecule has 1 heterocycles. The third-order valence-electron chi connectivity index (χ3n) is 3.52. The first-order valence-corrected chi connectivity index (χ1v) is 7.05. The second-order valence-electron chi connectivity index (χ2n) is 4.81. The van der Waals surface area contributed by atoms with Gasteiger partial charge in [-0.25, -0.2) is 0 Å². The minimum Gasteiger partial charge on any atom is -0.497 e. The molecule has 0 radical (unpaired) electrons. The maximum atomic E-state index is 5.39. The molecule has 1 aliphatic heterocycles. The van der Waals surface area contributed by atoms with Gasteiger partial charge in [-0.15, -0.1) is 0 Å². The van der Waals surface area contributed by atoms with Gasteiger partial charge in [0.25, 0.3) is 0 Å². The molecule has 1 N–H and O–H groups in total. The van der Waals surface area contributed by atoms with E-state index < -0.39 is 0 Å². The SMILES string of the molecule is COc1ccc(CNCCN2CCOCC2)c(OC)c1. The lowest BCUT2D eigenvalue weighted by Crippen LogP contribution is -2.40. The molecule has 5 nitrogen and oxygen atoms in total. The van der Waals surface area contributed by atoms with Crippen molar-refractivity contribution in [2.45, 2.75) is 6.54 Å². The van der Waals surface area contributed by atoms with Gasteiger partial charge in [0.1, 0.15) is 11.5 Å². The predicted octanol–water partition coefficient (Wildman–Crippen LogP) is 1.13. The van der Waals surface area contributed by atoms with E-state index in [9.17, 15) is 0 Å². The quantitative estimate of drug-likeness (QED) is 0.758. The summed E-state index contributed by atoms with van der Waals surface area (Å²) in [6, 6.07) is 5.92. The zero-order valence-corrected chi connectivity index (χ0v) is 12.4. The monoisotopic (exact) mass is 280 g/mol. The van der Waals surface area contributed by atoms with E-state index in [1.165, 1.54) is 0 Å². The van der Waals surface area contributed by atoms with Crippen LogP contribution in [0.2, 0.25) is 0 Å². The summed E-state index contributed by atoms with van der Waals surface area (Å²) in [7, 11) is 3.35. The van der Waals surface area contributed by atoms with Gasteiger partial charge in [0.15, 0.2) is 0 Å². The van der Waals surface area contributed by atoms with Gasteiger partial charge in [-0.2, -0.15) is 0 Å². The van der Waals surface area contributed by atoms with Crippen molar-refractivity contribution in [3.63, 3.8) is 0 Å². The summed E-state index contributed by atoms with van der Waals surface area (Å²) < 4.78 is 15.9. The average molecular weight is 280 g/mol. The first-order chi connectivity index (χ1) is 9.83. The van der Waals surface area contributed by atoms with Gasteiger partial charge in [0.05, 0.1) is 27.4 Å². The molecule has 1 saturated heterocycles. The Morgan fingerprint density at radius 1 is 1.20 bits per heavy atom. The summed E-state index contributed by atoms with van der Waals surface area (Å²) >= 11 is 0. The molecule has 0 aromatic heterocycles. The van der Waals surface area contributed by atoms with Crippen LogP contribution < -0.4 is 14.8 Å². The van der Waals surface area contributed by atoms with Crippen LogP contribution in [0.1, 0.15) is 5.56 Å². The maximum absolute atomic E-state index is 5.39. The number of nitrogens with one attached hydrogen (secondary N) is 1. The first kappa shape index (κ1) is 15.1. The number of methoxy groups -OCH3 is 2. The normalized spacial score (nSPS) is 16.1. The Hall–Kier alpha value is -1.30. The predicted molar refractivity (Wildman–Crippen MR) is 78.5 cm³/mol. The summed E-state index contributed by atoms with van der Waals surface area (Å²) in [5.74, 6) is 1.68. The van der Waals surface area contributed by atoms with Crippen molar-refractivity contribution in [1.82, 2.24) is 10.2 Å². The van der Waals surface area contributed by atoms with Crippen LogP contribution in [0.25, 0.3) is 0 Å². The molecule has 1 aromatic carbocycles. The Morgan fingerprint density at radius 2 is 2.00 bits per heavy atom. The lowest BCUT2D eigenvalue weighted by atomic mass is 10.2. The molecule has 112 valence electrons. The van der Waals surface area contributed by atoms with Crippen LogP contribution in [0.15, 0.2) is 18.2 Å². The fourth-order valence-corrected chi connectivity index (χ4v) is 2.28. The summed E-state index contributed by atoms with van der Waals surface area (Å²) in [4.78, 5) is 2.42. The molecule has 1 aromatic rings. The van der Waals surface area contributed by atoms with E-state index in [1.807, 2.05) is 18.2 Å². The zero-order valence-electron chi connectivity index (χ0n) is 12.4. The van der Waals surface area contributed by atoms with E-state index in [1.54, 1.807) is 14.2 Å². The Kier molecular flexibility index (Phi) is 6.11. The van der Waals surface area contributed by atoms with Gasteiger partial charge in [-0.1, -0.05) is 6.07 Å². The molecule has 0 spiro atoms. The Balaban J connectivity index is 1.75. The van der Waals surface area contributed by atoms with Gasteiger partial charge in [0.2, 0.25) is 0 Å². The highest BCUT2D eigenvalue weighted by Gasteiger charge is 2.09. The van der Waals surface area contributed by atoms with Crippen LogP contribution in [-0.4, -0.2) is 58.5 Å². The summed E-state index contributed by atoms with van der Waals surface area (Å²) in [5.41, 5.74) is 1.15. The molecule has 20 heavy (non-hydrogen) atoms.